The maximum atomic E-state index is 11.7. The van der Waals surface area contributed by atoms with Gasteiger partial charge in [0.2, 0.25) is 5.91 Å². The van der Waals surface area contributed by atoms with E-state index in [1.54, 1.807) is 0 Å². The van der Waals surface area contributed by atoms with E-state index in [1.165, 1.54) is 0 Å². The molecule has 3 nitrogen and oxygen atoms in total. The molecule has 2 aliphatic heterocycles. The van der Waals surface area contributed by atoms with Crippen LogP contribution in [-0.2, 0) is 9.53 Å². The maximum absolute atomic E-state index is 11.7. The number of hydrogen-bond donors (Lipinski definition) is 0. The van der Waals surface area contributed by atoms with Gasteiger partial charge in [-0.15, -0.1) is 11.6 Å². The van der Waals surface area contributed by atoms with Crippen molar-refractivity contribution in [2.24, 2.45) is 0 Å². The number of rotatable bonds is 2. The summed E-state index contributed by atoms with van der Waals surface area (Å²) in [5, 5.41) is 0.156. The normalized spacial score (nSPS) is 32.5. The minimum absolute atomic E-state index is 0.156. The monoisotopic (exact) mass is 217 g/mol. The van der Waals surface area contributed by atoms with Crippen LogP contribution in [-0.4, -0.2) is 42.0 Å². The standard InChI is InChI=1S/C10H16ClNO2/c11-8-3-4-12(7-8)10(13)6-9-2-1-5-14-9/h8-9H,1-7H2. The number of hydrogen-bond acceptors (Lipinski definition) is 2. The first-order valence-corrected chi connectivity index (χ1v) is 5.73. The molecule has 0 aromatic rings. The first kappa shape index (κ1) is 10.2. The fourth-order valence-electron chi connectivity index (χ4n) is 2.07. The number of alkyl halides is 1. The van der Waals surface area contributed by atoms with Crippen molar-refractivity contribution in [1.29, 1.82) is 0 Å². The Morgan fingerprint density at radius 2 is 2.36 bits per heavy atom. The molecule has 1 amide bonds. The molecular formula is C10H16ClNO2. The molecular weight excluding hydrogens is 202 g/mol. The summed E-state index contributed by atoms with van der Waals surface area (Å²) in [6.07, 6.45) is 3.76. The number of amides is 1. The van der Waals surface area contributed by atoms with E-state index in [-0.39, 0.29) is 17.4 Å². The Morgan fingerprint density at radius 3 is 2.93 bits per heavy atom. The van der Waals surface area contributed by atoms with Crippen molar-refractivity contribution in [2.75, 3.05) is 19.7 Å². The summed E-state index contributed by atoms with van der Waals surface area (Å²) in [5.41, 5.74) is 0. The third-order valence-corrected chi connectivity index (χ3v) is 3.27. The highest BCUT2D eigenvalue weighted by atomic mass is 35.5. The van der Waals surface area contributed by atoms with Gasteiger partial charge in [0.25, 0.3) is 0 Å². The smallest absolute Gasteiger partial charge is 0.225 e. The molecule has 4 heteroatoms. The van der Waals surface area contributed by atoms with Crippen molar-refractivity contribution >= 4 is 17.5 Å². The van der Waals surface area contributed by atoms with E-state index in [0.717, 1.165) is 32.4 Å². The quantitative estimate of drug-likeness (QED) is 0.655. The molecule has 0 aliphatic carbocycles. The Kier molecular flexibility index (Phi) is 3.29. The van der Waals surface area contributed by atoms with E-state index in [4.69, 9.17) is 16.3 Å². The van der Waals surface area contributed by atoms with Gasteiger partial charge in [-0.3, -0.25) is 4.79 Å². The van der Waals surface area contributed by atoms with Gasteiger partial charge in [0.05, 0.1) is 17.9 Å². The van der Waals surface area contributed by atoms with Crippen LogP contribution < -0.4 is 0 Å². The molecule has 14 heavy (non-hydrogen) atoms. The van der Waals surface area contributed by atoms with Gasteiger partial charge in [0.1, 0.15) is 0 Å². The highest BCUT2D eigenvalue weighted by Gasteiger charge is 2.27. The van der Waals surface area contributed by atoms with Gasteiger partial charge >= 0.3 is 0 Å². The van der Waals surface area contributed by atoms with Gasteiger partial charge < -0.3 is 9.64 Å². The van der Waals surface area contributed by atoms with Crippen LogP contribution in [0.2, 0.25) is 0 Å². The Balaban J connectivity index is 1.77. The van der Waals surface area contributed by atoms with E-state index in [9.17, 15) is 4.79 Å². The minimum Gasteiger partial charge on any atom is -0.378 e. The number of carbonyl (C=O) groups excluding carboxylic acids is 1. The molecule has 0 saturated carbocycles. The largest absolute Gasteiger partial charge is 0.378 e. The molecule has 0 aromatic carbocycles. The Bertz CT molecular complexity index is 216. The van der Waals surface area contributed by atoms with Gasteiger partial charge in [-0.05, 0) is 19.3 Å². The van der Waals surface area contributed by atoms with Crippen LogP contribution in [0.5, 0.6) is 0 Å². The SMILES string of the molecule is O=C(CC1CCCO1)N1CCC(Cl)C1. The average molecular weight is 218 g/mol. The van der Waals surface area contributed by atoms with Crippen LogP contribution >= 0.6 is 11.6 Å². The zero-order valence-corrected chi connectivity index (χ0v) is 9.00. The summed E-state index contributed by atoms with van der Waals surface area (Å²) in [7, 11) is 0. The topological polar surface area (TPSA) is 29.5 Å². The van der Waals surface area contributed by atoms with Gasteiger partial charge in [0, 0.05) is 19.7 Å². The van der Waals surface area contributed by atoms with E-state index in [0.29, 0.717) is 13.0 Å². The van der Waals surface area contributed by atoms with Crippen LogP contribution in [0.15, 0.2) is 0 Å². The highest BCUT2D eigenvalue weighted by molar-refractivity contribution is 6.21. The fourth-order valence-corrected chi connectivity index (χ4v) is 2.34. The molecule has 0 N–H and O–H groups in total. The molecule has 0 aromatic heterocycles. The maximum Gasteiger partial charge on any atom is 0.225 e. The Labute approximate surface area is 89.4 Å². The average Bonchev–Trinajstić information content (AvgIpc) is 2.75. The molecule has 80 valence electrons. The number of likely N-dealkylation sites (tertiary alicyclic amines) is 1. The summed E-state index contributed by atoms with van der Waals surface area (Å²) >= 11 is 5.94. The Morgan fingerprint density at radius 1 is 1.50 bits per heavy atom. The van der Waals surface area contributed by atoms with Crippen molar-refractivity contribution < 1.29 is 9.53 Å². The van der Waals surface area contributed by atoms with Crippen molar-refractivity contribution in [2.45, 2.75) is 37.2 Å². The van der Waals surface area contributed by atoms with Crippen LogP contribution in [0.3, 0.4) is 0 Å². The molecule has 0 bridgehead atoms. The zero-order valence-electron chi connectivity index (χ0n) is 8.25. The van der Waals surface area contributed by atoms with Crippen molar-refractivity contribution in [3.63, 3.8) is 0 Å². The summed E-state index contributed by atoms with van der Waals surface area (Å²) in [5.74, 6) is 0.208. The predicted molar refractivity (Wildman–Crippen MR) is 54.4 cm³/mol. The van der Waals surface area contributed by atoms with Crippen LogP contribution in [0.4, 0.5) is 0 Å². The summed E-state index contributed by atoms with van der Waals surface area (Å²) in [4.78, 5) is 13.6. The highest BCUT2D eigenvalue weighted by Crippen LogP contribution is 2.20. The lowest BCUT2D eigenvalue weighted by Gasteiger charge is -2.17. The fraction of sp³-hybridized carbons (Fsp3) is 0.900. The van der Waals surface area contributed by atoms with Crippen molar-refractivity contribution in [3.05, 3.63) is 0 Å². The Hall–Kier alpha value is -0.280. The third kappa shape index (κ3) is 2.39. The molecule has 2 rings (SSSR count). The van der Waals surface area contributed by atoms with Crippen LogP contribution in [0.25, 0.3) is 0 Å². The molecule has 0 radical (unpaired) electrons. The van der Waals surface area contributed by atoms with Crippen molar-refractivity contribution in [1.82, 2.24) is 4.90 Å². The van der Waals surface area contributed by atoms with Gasteiger partial charge in [-0.2, -0.15) is 0 Å². The lowest BCUT2D eigenvalue weighted by Crippen LogP contribution is -2.31. The molecule has 0 spiro atoms. The summed E-state index contributed by atoms with van der Waals surface area (Å²) in [6.45, 7) is 2.35. The van der Waals surface area contributed by atoms with E-state index in [2.05, 4.69) is 0 Å². The van der Waals surface area contributed by atoms with Gasteiger partial charge in [-0.1, -0.05) is 0 Å². The molecule has 2 heterocycles. The first-order valence-electron chi connectivity index (χ1n) is 5.29. The van der Waals surface area contributed by atoms with Crippen LogP contribution in [0, 0.1) is 0 Å². The number of halogens is 1. The molecule has 2 unspecified atom stereocenters. The first-order chi connectivity index (χ1) is 6.75. The second-order valence-corrected chi connectivity index (χ2v) is 4.68. The van der Waals surface area contributed by atoms with Crippen LogP contribution in [0.1, 0.15) is 25.7 Å². The number of nitrogens with zero attached hydrogens (tertiary/aromatic N) is 1. The second kappa shape index (κ2) is 4.49. The van der Waals surface area contributed by atoms with E-state index < -0.39 is 0 Å². The summed E-state index contributed by atoms with van der Waals surface area (Å²) < 4.78 is 5.43. The lowest BCUT2D eigenvalue weighted by atomic mass is 10.1. The lowest BCUT2D eigenvalue weighted by molar-refractivity contribution is -0.132. The molecule has 2 aliphatic rings. The van der Waals surface area contributed by atoms with Gasteiger partial charge in [0.15, 0.2) is 0 Å². The van der Waals surface area contributed by atoms with E-state index >= 15 is 0 Å². The molecule has 2 fully saturated rings. The minimum atomic E-state index is 0.156. The van der Waals surface area contributed by atoms with E-state index in [1.807, 2.05) is 4.90 Å². The predicted octanol–water partition coefficient (Wildman–Crippen LogP) is 1.40. The summed E-state index contributed by atoms with van der Waals surface area (Å²) in [6, 6.07) is 0. The third-order valence-electron chi connectivity index (χ3n) is 2.91. The number of carbonyl (C=O) groups is 1. The van der Waals surface area contributed by atoms with Crippen molar-refractivity contribution in [3.8, 4) is 0 Å². The second-order valence-electron chi connectivity index (χ2n) is 4.06. The zero-order chi connectivity index (χ0) is 9.97. The van der Waals surface area contributed by atoms with Gasteiger partial charge in [-0.25, -0.2) is 0 Å². The molecule has 2 saturated heterocycles. The molecule has 2 atom stereocenters. The number of ether oxygens (including phenoxy) is 1.